The van der Waals surface area contributed by atoms with Gasteiger partial charge in [-0.1, -0.05) is 104 Å². The minimum atomic E-state index is -4.19. The molecule has 0 spiro atoms. The monoisotopic (exact) mass is 444 g/mol. The Labute approximate surface area is 218 Å². The topological polar surface area (TPSA) is 77.4 Å². The zero-order valence-electron chi connectivity index (χ0n) is 19.0. The van der Waals surface area contributed by atoms with Crippen molar-refractivity contribution < 1.29 is 69.5 Å². The zero-order valence-corrected chi connectivity index (χ0v) is 22.9. The third-order valence-corrected chi connectivity index (χ3v) is 6.78. The van der Waals surface area contributed by atoms with Crippen LogP contribution in [0.5, 0.6) is 0 Å². The molecule has 0 rings (SSSR count). The average Bonchev–Trinajstić information content (AvgIpc) is 2.61. The van der Waals surface area contributed by atoms with Gasteiger partial charge in [-0.15, -0.1) is 0 Å². The van der Waals surface area contributed by atoms with E-state index in [9.17, 15) is 18.1 Å². The molecule has 6 heteroatoms. The summed E-state index contributed by atoms with van der Waals surface area (Å²) in [5, 5.41) is 9.19. The van der Waals surface area contributed by atoms with Gasteiger partial charge in [-0.25, -0.2) is 8.42 Å². The first-order valence-corrected chi connectivity index (χ1v) is 13.0. The summed E-state index contributed by atoms with van der Waals surface area (Å²) in [5.41, 5.74) is 0. The van der Waals surface area contributed by atoms with Gasteiger partial charge in [0, 0.05) is 5.25 Å². The quantitative estimate of drug-likeness (QED) is 0.177. The molecule has 0 aliphatic carbocycles. The van der Waals surface area contributed by atoms with E-state index >= 15 is 0 Å². The number of rotatable bonds is 20. The Morgan fingerprint density at radius 1 is 0.643 bits per heavy atom. The standard InChI is InChI=1S/C22H46O4S.K/c1-3-5-7-8-9-10-11-15-19-22(27(24,25)26)20-16-12-14-18-21(23)17-13-6-4-2;/h21-23H,3-20H2,1-2H3,(H,24,25,26);/q;+1/p-1. The van der Waals surface area contributed by atoms with Crippen molar-refractivity contribution in [2.45, 2.75) is 141 Å². The van der Waals surface area contributed by atoms with Crippen molar-refractivity contribution >= 4 is 10.1 Å². The summed E-state index contributed by atoms with van der Waals surface area (Å²) in [6, 6.07) is 0. The molecule has 164 valence electrons. The van der Waals surface area contributed by atoms with E-state index in [4.69, 9.17) is 0 Å². The van der Waals surface area contributed by atoms with Gasteiger partial charge in [0.05, 0.1) is 16.2 Å². The molecule has 0 aliphatic heterocycles. The van der Waals surface area contributed by atoms with Crippen LogP contribution in [0.25, 0.3) is 0 Å². The van der Waals surface area contributed by atoms with Crippen molar-refractivity contribution in [2.24, 2.45) is 0 Å². The van der Waals surface area contributed by atoms with Gasteiger partial charge in [-0.3, -0.25) is 0 Å². The summed E-state index contributed by atoms with van der Waals surface area (Å²) >= 11 is 0. The van der Waals surface area contributed by atoms with Crippen molar-refractivity contribution in [3.8, 4) is 0 Å². The van der Waals surface area contributed by atoms with Crippen LogP contribution in [0.2, 0.25) is 0 Å². The fourth-order valence-corrected chi connectivity index (χ4v) is 4.55. The van der Waals surface area contributed by atoms with Crippen LogP contribution in [0.1, 0.15) is 129 Å². The Morgan fingerprint density at radius 3 is 1.43 bits per heavy atom. The molecule has 2 atom stereocenters. The SMILES string of the molecule is CCCCCCCCCCC(CCCCCC(O)CCCCC)S(=O)(=O)[O-].[K+]. The maximum Gasteiger partial charge on any atom is 1.00 e. The molecular formula is C22H45KO4S. The first-order chi connectivity index (χ1) is 12.9. The van der Waals surface area contributed by atoms with Gasteiger partial charge in [0.25, 0.3) is 0 Å². The molecule has 0 aromatic rings. The molecule has 0 heterocycles. The van der Waals surface area contributed by atoms with Crippen LogP contribution in [0.15, 0.2) is 0 Å². The normalized spacial score (nSPS) is 13.9. The first-order valence-electron chi connectivity index (χ1n) is 11.5. The molecule has 0 saturated heterocycles. The minimum absolute atomic E-state index is 0. The van der Waals surface area contributed by atoms with Crippen LogP contribution in [0, 0.1) is 0 Å². The Hall–Kier alpha value is 1.51. The summed E-state index contributed by atoms with van der Waals surface area (Å²) in [6.45, 7) is 4.36. The van der Waals surface area contributed by atoms with Crippen LogP contribution in [-0.4, -0.2) is 29.4 Å². The van der Waals surface area contributed by atoms with Crippen molar-refractivity contribution in [1.29, 1.82) is 0 Å². The third-order valence-electron chi connectivity index (χ3n) is 5.49. The predicted molar refractivity (Wildman–Crippen MR) is 114 cm³/mol. The number of hydrogen-bond donors (Lipinski definition) is 1. The van der Waals surface area contributed by atoms with E-state index in [1.807, 2.05) is 0 Å². The van der Waals surface area contributed by atoms with Crippen LogP contribution < -0.4 is 51.4 Å². The average molecular weight is 445 g/mol. The number of aliphatic hydroxyl groups excluding tert-OH is 1. The summed E-state index contributed by atoms with van der Waals surface area (Å²) in [6.07, 6.45) is 17.7. The Bertz CT molecular complexity index is 415. The van der Waals surface area contributed by atoms with Crippen molar-refractivity contribution in [2.75, 3.05) is 0 Å². The fraction of sp³-hybridized carbons (Fsp3) is 1.00. The predicted octanol–water partition coefficient (Wildman–Crippen LogP) is 3.33. The molecule has 0 amide bonds. The van der Waals surface area contributed by atoms with Crippen LogP contribution in [0.4, 0.5) is 0 Å². The molecule has 0 aromatic heterocycles. The van der Waals surface area contributed by atoms with Gasteiger partial charge in [-0.05, 0) is 25.7 Å². The molecule has 1 N–H and O–H groups in total. The summed E-state index contributed by atoms with van der Waals surface area (Å²) < 4.78 is 34.5. The third kappa shape index (κ3) is 20.8. The van der Waals surface area contributed by atoms with E-state index in [1.54, 1.807) is 0 Å². The Kier molecular flexibility index (Phi) is 24.6. The van der Waals surface area contributed by atoms with Gasteiger partial charge >= 0.3 is 51.4 Å². The number of unbranched alkanes of at least 4 members (excludes halogenated alkanes) is 11. The second-order valence-electron chi connectivity index (χ2n) is 8.17. The second kappa shape index (κ2) is 21.7. The molecule has 0 radical (unpaired) electrons. The van der Waals surface area contributed by atoms with Gasteiger partial charge < -0.3 is 9.66 Å². The van der Waals surface area contributed by atoms with E-state index < -0.39 is 15.4 Å². The maximum absolute atomic E-state index is 11.5. The molecule has 0 aromatic carbocycles. The molecule has 4 nitrogen and oxygen atoms in total. The Balaban J connectivity index is 0. The molecule has 0 bridgehead atoms. The van der Waals surface area contributed by atoms with Crippen molar-refractivity contribution in [1.82, 2.24) is 0 Å². The summed E-state index contributed by atoms with van der Waals surface area (Å²) in [4.78, 5) is 0. The van der Waals surface area contributed by atoms with E-state index in [0.717, 1.165) is 64.2 Å². The van der Waals surface area contributed by atoms with Crippen LogP contribution >= 0.6 is 0 Å². The number of hydrogen-bond acceptors (Lipinski definition) is 4. The minimum Gasteiger partial charge on any atom is -0.748 e. The molecule has 0 aliphatic rings. The fourth-order valence-electron chi connectivity index (χ4n) is 3.64. The van der Waals surface area contributed by atoms with Crippen LogP contribution in [0.3, 0.4) is 0 Å². The molecule has 2 unspecified atom stereocenters. The van der Waals surface area contributed by atoms with Gasteiger partial charge in [-0.2, -0.15) is 0 Å². The van der Waals surface area contributed by atoms with E-state index in [2.05, 4.69) is 13.8 Å². The first kappa shape index (κ1) is 31.7. The van der Waals surface area contributed by atoms with Crippen molar-refractivity contribution in [3.63, 3.8) is 0 Å². The van der Waals surface area contributed by atoms with E-state index in [-0.39, 0.29) is 57.5 Å². The Morgan fingerprint density at radius 2 is 0.964 bits per heavy atom. The summed E-state index contributed by atoms with van der Waals surface area (Å²) in [7, 11) is -4.19. The molecule has 0 fully saturated rings. The summed E-state index contributed by atoms with van der Waals surface area (Å²) in [5.74, 6) is 0. The molecule has 28 heavy (non-hydrogen) atoms. The van der Waals surface area contributed by atoms with E-state index in [1.165, 1.54) is 38.5 Å². The zero-order chi connectivity index (χ0) is 20.4. The van der Waals surface area contributed by atoms with Crippen molar-refractivity contribution in [3.05, 3.63) is 0 Å². The van der Waals surface area contributed by atoms with Gasteiger partial charge in [0.1, 0.15) is 0 Å². The molecule has 0 saturated carbocycles. The van der Waals surface area contributed by atoms with E-state index in [0.29, 0.717) is 12.8 Å². The number of aliphatic hydroxyl groups is 1. The smallest absolute Gasteiger partial charge is 0.748 e. The molecular weight excluding hydrogens is 399 g/mol. The largest absolute Gasteiger partial charge is 1.00 e. The van der Waals surface area contributed by atoms with Gasteiger partial charge in [0.2, 0.25) is 0 Å². The maximum atomic E-state index is 11.5. The van der Waals surface area contributed by atoms with Gasteiger partial charge in [0.15, 0.2) is 0 Å². The van der Waals surface area contributed by atoms with Crippen LogP contribution in [-0.2, 0) is 10.1 Å². The second-order valence-corrected chi connectivity index (χ2v) is 9.82.